The fraction of sp³-hybridized carbons (Fsp3) is 0.296. The van der Waals surface area contributed by atoms with E-state index < -0.39 is 36.7 Å². The Hall–Kier alpha value is -5.35. The maximum absolute atomic E-state index is 13.3. The molecule has 6 aromatic carbocycles. The Morgan fingerprint density at radius 1 is 0.532 bits per heavy atom. The van der Waals surface area contributed by atoms with Crippen LogP contribution in [0.3, 0.4) is 0 Å². The molecule has 8 aromatic rings. The van der Waals surface area contributed by atoms with Crippen LogP contribution in [0.15, 0.2) is 127 Å². The number of rotatable bonds is 23. The summed E-state index contributed by atoms with van der Waals surface area (Å²) in [5, 5.41) is 25.3. The Labute approximate surface area is 479 Å². The molecule has 0 radical (unpaired) electrons. The molecule has 0 aliphatic rings. The number of nitrogens with zero attached hydrogens (tertiary/aromatic N) is 4. The van der Waals surface area contributed by atoms with E-state index in [-0.39, 0.29) is 28.2 Å². The maximum atomic E-state index is 13.3. The van der Waals surface area contributed by atoms with Crippen molar-refractivity contribution >= 4 is 134 Å². The van der Waals surface area contributed by atoms with Crippen molar-refractivity contribution in [1.82, 2.24) is 9.13 Å². The predicted molar refractivity (Wildman–Crippen MR) is 316 cm³/mol. The Morgan fingerprint density at radius 3 is 1.32 bits per heavy atom. The molecule has 420 valence electrons. The molecule has 0 atom stereocenters. The minimum Gasteiger partial charge on any atom is -0.496 e. The number of hydrogen-bond donors (Lipinski definition) is 0. The molecule has 2 aromatic heterocycles. The number of nitro benzene ring substituents is 2. The molecule has 0 saturated heterocycles. The summed E-state index contributed by atoms with van der Waals surface area (Å²) < 4.78 is 61.5. The number of hydrogen-bond acceptors (Lipinski definition) is 14. The first-order valence-electron chi connectivity index (χ1n) is 24.8. The van der Waals surface area contributed by atoms with E-state index in [4.69, 9.17) is 69.3 Å². The Morgan fingerprint density at radius 2 is 0.899 bits per heavy atom. The number of nitro groups is 2. The zero-order valence-electron chi connectivity index (χ0n) is 44.2. The van der Waals surface area contributed by atoms with Gasteiger partial charge in [-0.15, -0.1) is 0 Å². The Balaban J connectivity index is 0.000000237. The van der Waals surface area contributed by atoms with Gasteiger partial charge < -0.3 is 36.7 Å². The molecule has 0 spiro atoms. The molecular formula is C54H59AlCl4N4O14P2. The van der Waals surface area contributed by atoms with Gasteiger partial charge in [-0.1, -0.05) is 42.5 Å². The zero-order valence-corrected chi connectivity index (χ0v) is 50.2. The van der Waals surface area contributed by atoms with Crippen LogP contribution in [-0.2, 0) is 40.3 Å². The summed E-state index contributed by atoms with van der Waals surface area (Å²) in [6.07, 6.45) is 1.69. The number of methoxy groups -OCH3 is 2. The standard InChI is InChI=1S/C27H29N2O7P.C19H23N2O5P.C8H7ClO2.Al.3ClH/c1-4-35-37(33,36-5-2)16-8-15-28-24-13-11-19(27(30)21-9-6-7-10-26(21)34-3)17-22(24)23-18-20(29(31)32)12-14-25(23)28;1-3-25-27(24,26-4-2)13-7-12-20-18-9-6-5-8-16(18)17-14-15(21(22)23)10-11-19(17)20;1-11-7-5-3-2-4-6(7)8(9)10;;;;/h6-7,9-14,17-18H,4-5,8,15-16H2,1-3H3;5-6,8-11,14H,3-4,7,12-13H2,1-2H3;2-5H,1H3;;3*1H/q;;;+3;;;/p-3. The highest BCUT2D eigenvalue weighted by atomic mass is 35.8. The van der Waals surface area contributed by atoms with Crippen LogP contribution in [-0.4, -0.2) is 94.4 Å². The van der Waals surface area contributed by atoms with Gasteiger partial charge in [0.05, 0.1) is 73.9 Å². The number of aryl methyl sites for hydroxylation is 2. The van der Waals surface area contributed by atoms with E-state index >= 15 is 0 Å². The van der Waals surface area contributed by atoms with Crippen LogP contribution >= 0.6 is 56.9 Å². The van der Waals surface area contributed by atoms with Gasteiger partial charge in [-0.25, -0.2) is 30.1 Å². The lowest BCUT2D eigenvalue weighted by Crippen LogP contribution is -2.05. The van der Waals surface area contributed by atoms with Gasteiger partial charge in [0, 0.05) is 86.5 Å². The minimum atomic E-state index is -3.20. The number of non-ortho nitro benzene ring substituents is 2. The van der Waals surface area contributed by atoms with Crippen molar-refractivity contribution in [3.63, 3.8) is 0 Å². The molecule has 8 rings (SSSR count). The number of fused-ring (bicyclic) bond motifs is 6. The number of halogens is 4. The van der Waals surface area contributed by atoms with Crippen molar-refractivity contribution in [3.05, 3.63) is 164 Å². The van der Waals surface area contributed by atoms with Crippen LogP contribution in [0.4, 0.5) is 11.4 Å². The first-order chi connectivity index (χ1) is 37.8. The van der Waals surface area contributed by atoms with Crippen LogP contribution in [0.25, 0.3) is 43.6 Å². The quantitative estimate of drug-likeness (QED) is 0.0145. The van der Waals surface area contributed by atoms with E-state index in [0.29, 0.717) is 92.1 Å². The highest BCUT2D eigenvalue weighted by Crippen LogP contribution is 2.50. The van der Waals surface area contributed by atoms with Gasteiger partial charge in [-0.05, 0) is 113 Å². The fourth-order valence-corrected chi connectivity index (χ4v) is 12.2. The molecule has 0 unspecified atom stereocenters. The van der Waals surface area contributed by atoms with Gasteiger partial charge in [0.1, 0.15) is 11.5 Å². The number of carbonyl (C=O) groups is 2. The van der Waals surface area contributed by atoms with E-state index in [2.05, 4.69) is 4.57 Å². The lowest BCUT2D eigenvalue weighted by Gasteiger charge is -2.17. The van der Waals surface area contributed by atoms with Crippen LogP contribution in [0.5, 0.6) is 11.5 Å². The van der Waals surface area contributed by atoms with Crippen LogP contribution in [0.2, 0.25) is 0 Å². The lowest BCUT2D eigenvalue weighted by atomic mass is 10.0. The van der Waals surface area contributed by atoms with Crippen molar-refractivity contribution in [2.24, 2.45) is 0 Å². The molecule has 0 amide bonds. The number of ketones is 1. The molecule has 0 aliphatic heterocycles. The molecule has 18 nitrogen and oxygen atoms in total. The summed E-state index contributed by atoms with van der Waals surface area (Å²) in [5.74, 6) is 0.770. The zero-order chi connectivity index (χ0) is 57.9. The third-order valence-corrected chi connectivity index (χ3v) is 16.4. The van der Waals surface area contributed by atoms with Gasteiger partial charge in [-0.3, -0.25) is 38.9 Å². The predicted octanol–water partition coefficient (Wildman–Crippen LogP) is 15.7. The number of ether oxygens (including phenoxy) is 2. The number of para-hydroxylation sites is 3. The largest absolute Gasteiger partial charge is 0.643 e. The molecule has 2 heterocycles. The van der Waals surface area contributed by atoms with Gasteiger partial charge in [0.2, 0.25) is 0 Å². The summed E-state index contributed by atoms with van der Waals surface area (Å²) >= 11 is 3.55. The first kappa shape index (κ1) is 64.5. The van der Waals surface area contributed by atoms with Crippen LogP contribution in [0, 0.1) is 20.2 Å². The van der Waals surface area contributed by atoms with E-state index in [9.17, 15) is 38.9 Å². The topological polar surface area (TPSA) is 220 Å². The summed E-state index contributed by atoms with van der Waals surface area (Å²) in [6.45, 7) is 9.51. The molecule has 0 fully saturated rings. The minimum absolute atomic E-state index is 0.0369. The fourth-order valence-electron chi connectivity index (χ4n) is 8.74. The molecule has 0 bridgehead atoms. The average molecular weight is 1220 g/mol. The second-order valence-electron chi connectivity index (χ2n) is 16.8. The molecule has 0 saturated carbocycles. The van der Waals surface area contributed by atoms with Crippen LogP contribution in [0.1, 0.15) is 66.8 Å². The number of benzene rings is 6. The molecule has 25 heteroatoms. The highest BCUT2D eigenvalue weighted by Gasteiger charge is 2.26. The number of aromatic nitrogens is 2. The van der Waals surface area contributed by atoms with Gasteiger partial charge in [0.25, 0.3) is 16.6 Å². The van der Waals surface area contributed by atoms with Gasteiger partial charge in [-0.2, -0.15) is 0 Å². The third-order valence-electron chi connectivity index (χ3n) is 11.9. The Kier molecular flexibility index (Phi) is 25.3. The number of carbonyl (C=O) groups excluding carboxylic acids is 2. The van der Waals surface area contributed by atoms with Gasteiger partial charge >= 0.3 is 26.6 Å². The normalized spacial score (nSPS) is 11.3. The average Bonchev–Trinajstić information content (AvgIpc) is 4.08. The van der Waals surface area contributed by atoms with E-state index in [1.54, 1.807) is 107 Å². The van der Waals surface area contributed by atoms with Crippen molar-refractivity contribution in [1.29, 1.82) is 0 Å². The summed E-state index contributed by atoms with van der Waals surface area (Å²) in [7, 11) is 11.6. The molecule has 79 heavy (non-hydrogen) atoms. The smallest absolute Gasteiger partial charge is 0.496 e. The van der Waals surface area contributed by atoms with Crippen molar-refractivity contribution in [2.45, 2.75) is 53.6 Å². The van der Waals surface area contributed by atoms with Gasteiger partial charge in [0.15, 0.2) is 5.78 Å². The van der Waals surface area contributed by atoms with Crippen molar-refractivity contribution in [2.75, 3.05) is 53.0 Å². The monoisotopic (exact) mass is 1220 g/mol. The molecule has 0 N–H and O–H groups in total. The highest BCUT2D eigenvalue weighted by molar-refractivity contribution is 7.54. The molecule has 0 aliphatic carbocycles. The first-order valence-corrected chi connectivity index (χ1v) is 33.9. The van der Waals surface area contributed by atoms with Crippen molar-refractivity contribution in [3.8, 4) is 11.5 Å². The van der Waals surface area contributed by atoms with E-state index in [0.717, 1.165) is 38.2 Å². The maximum Gasteiger partial charge on any atom is 0.643 e. The lowest BCUT2D eigenvalue weighted by molar-refractivity contribution is -0.384. The van der Waals surface area contributed by atoms with Crippen molar-refractivity contribution < 1.29 is 56.1 Å². The Bertz CT molecular complexity index is 3490. The summed E-state index contributed by atoms with van der Waals surface area (Å²) in [5.41, 5.74) is 4.82. The van der Waals surface area contributed by atoms with E-state index in [1.165, 1.54) is 32.4 Å². The molecular weight excluding hydrogens is 1160 g/mol. The van der Waals surface area contributed by atoms with E-state index in [1.807, 2.05) is 34.9 Å². The second kappa shape index (κ2) is 31.0. The summed E-state index contributed by atoms with van der Waals surface area (Å²) in [4.78, 5) is 45.9. The third kappa shape index (κ3) is 17.3. The second-order valence-corrected chi connectivity index (χ2v) is 27.9. The SMILES string of the molecule is CCOP(=O)(CCCn1c2ccc(C(=O)c3ccccc3OC)cc2c2cc([N+](=O)[O-])ccc21)OCC.CCOP(=O)(CCCn1c2ccccc2c2cc([N+](=O)[O-])ccc21)OCC.COc1ccccc1C(=O)Cl.[Cl][Al]([Cl])[Cl]. The van der Waals surface area contributed by atoms with Crippen LogP contribution < -0.4 is 9.47 Å². The summed E-state index contributed by atoms with van der Waals surface area (Å²) in [6, 6.07) is 36.6.